The minimum absolute atomic E-state index is 0.0581. The van der Waals surface area contributed by atoms with Crippen LogP contribution < -0.4 is 0 Å². The van der Waals surface area contributed by atoms with Crippen LogP contribution in [0.4, 0.5) is 13.2 Å². The van der Waals surface area contributed by atoms with Gasteiger partial charge >= 0.3 is 6.18 Å². The average molecular weight is 395 g/mol. The highest BCUT2D eigenvalue weighted by Gasteiger charge is 2.37. The van der Waals surface area contributed by atoms with Crippen LogP contribution in [0.5, 0.6) is 0 Å². The van der Waals surface area contributed by atoms with E-state index in [1.54, 1.807) is 4.90 Å². The molecule has 1 aliphatic heterocycles. The molecule has 0 radical (unpaired) electrons. The van der Waals surface area contributed by atoms with Gasteiger partial charge in [-0.2, -0.15) is 27.8 Å². The Morgan fingerprint density at radius 1 is 1.11 bits per heavy atom. The van der Waals surface area contributed by atoms with Gasteiger partial charge < -0.3 is 4.90 Å². The number of hydrogen-bond acceptors (Lipinski definition) is 5. The number of piperidine rings is 1. The van der Waals surface area contributed by atoms with Crippen LogP contribution in [-0.2, 0) is 15.8 Å². The van der Waals surface area contributed by atoms with Crippen LogP contribution >= 0.6 is 0 Å². The monoisotopic (exact) mass is 395 g/mol. The summed E-state index contributed by atoms with van der Waals surface area (Å²) in [6, 6.07) is 1.04. The van der Waals surface area contributed by atoms with Crippen molar-refractivity contribution in [1.29, 1.82) is 0 Å². The van der Waals surface area contributed by atoms with E-state index in [2.05, 4.69) is 15.1 Å². The van der Waals surface area contributed by atoms with Crippen LogP contribution in [0.25, 0.3) is 5.78 Å². The van der Waals surface area contributed by atoms with Crippen molar-refractivity contribution in [1.82, 2.24) is 24.5 Å². The summed E-state index contributed by atoms with van der Waals surface area (Å²) in [6.07, 6.45) is -0.311. The third-order valence-corrected chi connectivity index (χ3v) is 5.68. The van der Waals surface area contributed by atoms with Crippen LogP contribution in [0.2, 0.25) is 0 Å². The van der Waals surface area contributed by atoms with Crippen molar-refractivity contribution < 1.29 is 22.8 Å². The summed E-state index contributed by atoms with van der Waals surface area (Å²) in [5.41, 5.74) is -0.557. The molecule has 0 unspecified atom stereocenters. The van der Waals surface area contributed by atoms with Crippen molar-refractivity contribution in [2.24, 2.45) is 5.92 Å². The summed E-state index contributed by atoms with van der Waals surface area (Å²) < 4.78 is 40.8. The molecular weight excluding hydrogens is 375 g/mol. The SMILES string of the molecule is O=C1CCC(C(=O)N2CCC(c3cc(C(F)(F)F)n4ncnc4n3)CC2)CC1. The highest BCUT2D eigenvalue weighted by molar-refractivity contribution is 5.84. The molecule has 1 saturated carbocycles. The number of aromatic nitrogens is 4. The summed E-state index contributed by atoms with van der Waals surface area (Å²) in [4.78, 5) is 33.8. The minimum Gasteiger partial charge on any atom is -0.342 e. The molecule has 2 fully saturated rings. The summed E-state index contributed by atoms with van der Waals surface area (Å²) in [5.74, 6) is -0.0903. The van der Waals surface area contributed by atoms with E-state index in [1.165, 1.54) is 0 Å². The Bertz CT molecular complexity index is 892. The maximum atomic E-state index is 13.4. The molecule has 1 aliphatic carbocycles. The average Bonchev–Trinajstić information content (AvgIpc) is 3.15. The summed E-state index contributed by atoms with van der Waals surface area (Å²) in [7, 11) is 0. The molecule has 10 heteroatoms. The lowest BCUT2D eigenvalue weighted by Gasteiger charge is -2.35. The summed E-state index contributed by atoms with van der Waals surface area (Å²) >= 11 is 0. The maximum absolute atomic E-state index is 13.4. The zero-order valence-corrected chi connectivity index (χ0v) is 15.2. The fourth-order valence-corrected chi connectivity index (χ4v) is 4.08. The van der Waals surface area contributed by atoms with Crippen LogP contribution in [-0.4, -0.2) is 49.3 Å². The Labute approximate surface area is 158 Å². The second-order valence-electron chi connectivity index (χ2n) is 7.45. The van der Waals surface area contributed by atoms with Gasteiger partial charge in [0.1, 0.15) is 12.1 Å². The van der Waals surface area contributed by atoms with E-state index in [1.807, 2.05) is 0 Å². The molecule has 1 amide bonds. The largest absolute Gasteiger partial charge is 0.433 e. The predicted molar refractivity (Wildman–Crippen MR) is 91.3 cm³/mol. The standard InChI is InChI=1S/C18H20F3N5O2/c19-18(20,21)15-9-14(24-17-22-10-23-26(15)17)11-5-7-25(8-6-11)16(28)12-1-3-13(27)4-2-12/h9-12H,1-8H2. The number of fused-ring (bicyclic) bond motifs is 1. The van der Waals surface area contributed by atoms with E-state index in [0.717, 1.165) is 12.4 Å². The molecule has 0 spiro atoms. The van der Waals surface area contributed by atoms with E-state index in [-0.39, 0.29) is 29.3 Å². The number of rotatable bonds is 2. The van der Waals surface area contributed by atoms with Crippen LogP contribution in [0.15, 0.2) is 12.4 Å². The van der Waals surface area contributed by atoms with Crippen molar-refractivity contribution in [2.75, 3.05) is 13.1 Å². The van der Waals surface area contributed by atoms with Crippen LogP contribution in [0.1, 0.15) is 55.8 Å². The molecule has 7 nitrogen and oxygen atoms in total. The highest BCUT2D eigenvalue weighted by atomic mass is 19.4. The van der Waals surface area contributed by atoms with E-state index < -0.39 is 11.9 Å². The molecule has 4 rings (SSSR count). The number of Topliss-reactive ketones (excluding diaryl/α,β-unsaturated/α-hetero) is 1. The minimum atomic E-state index is -4.56. The first kappa shape index (κ1) is 18.8. The third-order valence-electron chi connectivity index (χ3n) is 5.68. The lowest BCUT2D eigenvalue weighted by atomic mass is 9.86. The van der Waals surface area contributed by atoms with Crippen molar-refractivity contribution in [3.63, 3.8) is 0 Å². The number of carbonyl (C=O) groups is 2. The first-order chi connectivity index (χ1) is 13.3. The lowest BCUT2D eigenvalue weighted by Crippen LogP contribution is -2.42. The van der Waals surface area contributed by atoms with Gasteiger partial charge in [0.05, 0.1) is 0 Å². The number of hydrogen-bond donors (Lipinski definition) is 0. The molecule has 0 atom stereocenters. The number of alkyl halides is 3. The Morgan fingerprint density at radius 3 is 2.43 bits per heavy atom. The van der Waals surface area contributed by atoms with E-state index in [4.69, 9.17) is 0 Å². The van der Waals surface area contributed by atoms with Crippen molar-refractivity contribution in [2.45, 2.75) is 50.6 Å². The molecule has 2 aliphatic rings. The van der Waals surface area contributed by atoms with Crippen molar-refractivity contribution >= 4 is 17.5 Å². The zero-order chi connectivity index (χ0) is 19.9. The molecule has 1 saturated heterocycles. The number of amides is 1. The van der Waals surface area contributed by atoms with Gasteiger partial charge in [-0.3, -0.25) is 9.59 Å². The zero-order valence-electron chi connectivity index (χ0n) is 15.2. The van der Waals surface area contributed by atoms with Gasteiger partial charge in [0, 0.05) is 43.5 Å². The molecule has 3 heterocycles. The molecule has 0 N–H and O–H groups in total. The van der Waals surface area contributed by atoms with Gasteiger partial charge in [-0.05, 0) is 31.7 Å². The number of ketones is 1. The fraction of sp³-hybridized carbons (Fsp3) is 0.611. The van der Waals surface area contributed by atoms with Gasteiger partial charge in [-0.15, -0.1) is 0 Å². The Hall–Kier alpha value is -2.52. The van der Waals surface area contributed by atoms with Crippen LogP contribution in [0.3, 0.4) is 0 Å². The molecule has 150 valence electrons. The van der Waals surface area contributed by atoms with Crippen LogP contribution in [0, 0.1) is 5.92 Å². The van der Waals surface area contributed by atoms with Gasteiger partial charge in [-0.25, -0.2) is 4.98 Å². The first-order valence-corrected chi connectivity index (χ1v) is 9.41. The topological polar surface area (TPSA) is 80.5 Å². The molecule has 0 aromatic carbocycles. The number of carbonyl (C=O) groups excluding carboxylic acids is 2. The quantitative estimate of drug-likeness (QED) is 0.781. The maximum Gasteiger partial charge on any atom is 0.433 e. The van der Waals surface area contributed by atoms with Gasteiger partial charge in [0.15, 0.2) is 5.69 Å². The van der Waals surface area contributed by atoms with Crippen molar-refractivity contribution in [3.8, 4) is 0 Å². The second kappa shape index (κ2) is 7.14. The smallest absolute Gasteiger partial charge is 0.342 e. The number of nitrogens with zero attached hydrogens (tertiary/aromatic N) is 5. The van der Waals surface area contributed by atoms with Gasteiger partial charge in [0.25, 0.3) is 5.78 Å². The predicted octanol–water partition coefficient (Wildman–Crippen LogP) is 2.61. The van der Waals surface area contributed by atoms with E-state index in [9.17, 15) is 22.8 Å². The second-order valence-corrected chi connectivity index (χ2v) is 7.45. The molecule has 28 heavy (non-hydrogen) atoms. The molecule has 0 bridgehead atoms. The van der Waals surface area contributed by atoms with Gasteiger partial charge in [-0.1, -0.05) is 0 Å². The third kappa shape index (κ3) is 3.59. The Kier molecular flexibility index (Phi) is 4.80. The lowest BCUT2D eigenvalue weighted by molar-refractivity contribution is -0.142. The molecular formula is C18H20F3N5O2. The number of halogens is 3. The normalized spacial score (nSPS) is 20.1. The van der Waals surface area contributed by atoms with E-state index in [0.29, 0.717) is 61.8 Å². The van der Waals surface area contributed by atoms with Crippen molar-refractivity contribution in [3.05, 3.63) is 23.8 Å². The van der Waals surface area contributed by atoms with Gasteiger partial charge in [0.2, 0.25) is 5.91 Å². The molecule has 2 aromatic rings. The Morgan fingerprint density at radius 2 is 1.79 bits per heavy atom. The summed E-state index contributed by atoms with van der Waals surface area (Å²) in [5, 5.41) is 3.61. The fourth-order valence-electron chi connectivity index (χ4n) is 4.08. The Balaban J connectivity index is 1.47. The molecule has 2 aromatic heterocycles. The first-order valence-electron chi connectivity index (χ1n) is 9.41. The van der Waals surface area contributed by atoms with E-state index >= 15 is 0 Å². The highest BCUT2D eigenvalue weighted by Crippen LogP contribution is 2.34. The summed E-state index contributed by atoms with van der Waals surface area (Å²) in [6.45, 7) is 0.962. The number of likely N-dealkylation sites (tertiary alicyclic amines) is 1.